The van der Waals surface area contributed by atoms with Gasteiger partial charge in [-0.1, -0.05) is 0 Å². The second-order valence-corrected chi connectivity index (χ2v) is 8.16. The van der Waals surface area contributed by atoms with Crippen LogP contribution in [-0.2, 0) is 9.47 Å². The van der Waals surface area contributed by atoms with E-state index < -0.39 is 0 Å². The molecule has 0 unspecified atom stereocenters. The third-order valence-electron chi connectivity index (χ3n) is 5.26. The molecule has 2 heterocycles. The minimum atomic E-state index is -0.183. The van der Waals surface area contributed by atoms with E-state index in [1.807, 2.05) is 18.2 Å². The van der Waals surface area contributed by atoms with Gasteiger partial charge in [-0.15, -0.1) is 0 Å². The quantitative estimate of drug-likeness (QED) is 0.343. The summed E-state index contributed by atoms with van der Waals surface area (Å²) in [6, 6.07) is 11.4. The molecule has 0 aliphatic carbocycles. The second-order valence-electron chi connectivity index (χ2n) is 7.08. The Morgan fingerprint density at radius 2 is 1.96 bits per heavy atom. The third kappa shape index (κ3) is 3.65. The molecule has 0 radical (unpaired) electrons. The fraction of sp³-hybridized carbons (Fsp3) is 0.364. The number of methoxy groups -OCH3 is 1. The van der Waals surface area contributed by atoms with Crippen LogP contribution in [0.15, 0.2) is 36.4 Å². The van der Waals surface area contributed by atoms with Crippen molar-refractivity contribution in [2.24, 2.45) is 0 Å². The van der Waals surface area contributed by atoms with Gasteiger partial charge in [-0.05, 0) is 84.3 Å². The number of ether oxygens (including phenoxy) is 3. The lowest BCUT2D eigenvalue weighted by Crippen LogP contribution is -2.17. The van der Waals surface area contributed by atoms with Crippen molar-refractivity contribution in [1.29, 1.82) is 0 Å². The lowest BCUT2D eigenvalue weighted by Gasteiger charge is -2.25. The molecule has 0 atom stereocenters. The summed E-state index contributed by atoms with van der Waals surface area (Å²) < 4.78 is 33.7. The van der Waals surface area contributed by atoms with E-state index in [1.165, 1.54) is 9.26 Å². The van der Waals surface area contributed by atoms with Crippen molar-refractivity contribution in [2.75, 3.05) is 27.1 Å². The molecule has 6 heteroatoms. The minimum Gasteiger partial charge on any atom is -0.468 e. The number of fused-ring (bicyclic) bond motifs is 1. The zero-order chi connectivity index (χ0) is 19.7. The molecule has 4 rings (SSSR count). The molecular weight excluding hydrogens is 472 g/mol. The predicted molar refractivity (Wildman–Crippen MR) is 116 cm³/mol. The van der Waals surface area contributed by atoms with E-state index in [9.17, 15) is 4.39 Å². The smallest absolute Gasteiger partial charge is 0.188 e. The highest BCUT2D eigenvalue weighted by atomic mass is 127. The first kappa shape index (κ1) is 19.7. The van der Waals surface area contributed by atoms with Crippen LogP contribution in [-0.4, -0.2) is 31.7 Å². The molecule has 1 aliphatic rings. The van der Waals surface area contributed by atoms with Crippen LogP contribution in [0, 0.1) is 16.3 Å². The topological polar surface area (TPSA) is 32.6 Å². The molecule has 28 heavy (non-hydrogen) atoms. The summed E-state index contributed by atoms with van der Waals surface area (Å²) in [6.45, 7) is 3.56. The Bertz CT molecular complexity index is 995. The number of halogens is 2. The summed E-state index contributed by atoms with van der Waals surface area (Å²) in [5.74, 6) is 0.998. The summed E-state index contributed by atoms with van der Waals surface area (Å²) in [4.78, 5) is 0. The normalized spacial score (nSPS) is 15.3. The van der Waals surface area contributed by atoms with Gasteiger partial charge in [0.05, 0.1) is 5.52 Å². The fourth-order valence-electron chi connectivity index (χ4n) is 3.85. The van der Waals surface area contributed by atoms with Crippen molar-refractivity contribution in [2.45, 2.75) is 25.7 Å². The molecule has 1 aliphatic heterocycles. The lowest BCUT2D eigenvalue weighted by atomic mass is 9.96. The molecule has 1 aromatic heterocycles. The van der Waals surface area contributed by atoms with Gasteiger partial charge in [-0.2, -0.15) is 0 Å². The SMILES string of the molecule is COCOc1ccc2c(c1)c(I)c(C1CCOCC1)n2-c1ccc(F)c(C)c1. The summed E-state index contributed by atoms with van der Waals surface area (Å²) in [5.41, 5.74) is 4.00. The van der Waals surface area contributed by atoms with Crippen LogP contribution in [0.2, 0.25) is 0 Å². The molecular formula is C22H23FINO3. The van der Waals surface area contributed by atoms with Crippen molar-refractivity contribution in [3.8, 4) is 11.4 Å². The number of hydrogen-bond donors (Lipinski definition) is 0. The average Bonchev–Trinajstić information content (AvgIpc) is 3.01. The molecule has 1 saturated heterocycles. The highest BCUT2D eigenvalue weighted by molar-refractivity contribution is 14.1. The maximum Gasteiger partial charge on any atom is 0.188 e. The van der Waals surface area contributed by atoms with E-state index >= 15 is 0 Å². The first-order valence-corrected chi connectivity index (χ1v) is 10.5. The van der Waals surface area contributed by atoms with Gasteiger partial charge in [0, 0.05) is 46.6 Å². The van der Waals surface area contributed by atoms with Gasteiger partial charge in [0.2, 0.25) is 0 Å². The largest absolute Gasteiger partial charge is 0.468 e. The van der Waals surface area contributed by atoms with Crippen LogP contribution in [0.3, 0.4) is 0 Å². The summed E-state index contributed by atoms with van der Waals surface area (Å²) in [7, 11) is 1.61. The van der Waals surface area contributed by atoms with Gasteiger partial charge in [-0.25, -0.2) is 4.39 Å². The predicted octanol–water partition coefficient (Wildman–Crippen LogP) is 5.56. The van der Waals surface area contributed by atoms with E-state index in [0.29, 0.717) is 11.5 Å². The maximum atomic E-state index is 13.9. The van der Waals surface area contributed by atoms with Gasteiger partial charge < -0.3 is 18.8 Å². The van der Waals surface area contributed by atoms with Crippen molar-refractivity contribution in [3.63, 3.8) is 0 Å². The zero-order valence-corrected chi connectivity index (χ0v) is 18.2. The Kier molecular flexibility index (Phi) is 5.89. The van der Waals surface area contributed by atoms with Crippen LogP contribution in [0.4, 0.5) is 4.39 Å². The van der Waals surface area contributed by atoms with E-state index in [4.69, 9.17) is 14.2 Å². The van der Waals surface area contributed by atoms with Crippen LogP contribution in [0.25, 0.3) is 16.6 Å². The van der Waals surface area contributed by atoms with Gasteiger partial charge in [0.25, 0.3) is 0 Å². The highest BCUT2D eigenvalue weighted by Crippen LogP contribution is 2.40. The molecule has 0 saturated carbocycles. The lowest BCUT2D eigenvalue weighted by molar-refractivity contribution is 0.0512. The van der Waals surface area contributed by atoms with Gasteiger partial charge in [0.15, 0.2) is 6.79 Å². The summed E-state index contributed by atoms with van der Waals surface area (Å²) in [5, 5.41) is 1.14. The molecule has 1 fully saturated rings. The standard InChI is InChI=1S/C22H23FINO3/c1-14-11-16(3-5-19(14)23)25-20-6-4-17(28-13-26-2)12-18(20)21(24)22(25)15-7-9-27-10-8-15/h3-6,11-12,15H,7-10,13H2,1-2H3. The van der Waals surface area contributed by atoms with Crippen molar-refractivity contribution < 1.29 is 18.6 Å². The Balaban J connectivity index is 1.92. The monoisotopic (exact) mass is 495 g/mol. The molecule has 0 N–H and O–H groups in total. The van der Waals surface area contributed by atoms with Crippen molar-refractivity contribution >= 4 is 33.5 Å². The second kappa shape index (κ2) is 8.39. The van der Waals surface area contributed by atoms with E-state index in [-0.39, 0.29) is 12.6 Å². The number of benzene rings is 2. The molecule has 0 amide bonds. The first-order chi connectivity index (χ1) is 13.6. The van der Waals surface area contributed by atoms with Gasteiger partial charge in [0.1, 0.15) is 11.6 Å². The number of aryl methyl sites for hydroxylation is 1. The van der Waals surface area contributed by atoms with Crippen LogP contribution < -0.4 is 4.74 Å². The number of hydrogen-bond acceptors (Lipinski definition) is 3. The minimum absolute atomic E-state index is 0.183. The van der Waals surface area contributed by atoms with Crippen molar-refractivity contribution in [3.05, 3.63) is 57.0 Å². The Labute approximate surface area is 177 Å². The van der Waals surface area contributed by atoms with Gasteiger partial charge >= 0.3 is 0 Å². The van der Waals surface area contributed by atoms with Crippen LogP contribution in [0.1, 0.15) is 30.0 Å². The summed E-state index contributed by atoms with van der Waals surface area (Å²) >= 11 is 2.44. The highest BCUT2D eigenvalue weighted by Gasteiger charge is 2.26. The number of aromatic nitrogens is 1. The molecule has 2 aromatic carbocycles. The number of nitrogens with zero attached hydrogens (tertiary/aromatic N) is 1. The fourth-order valence-corrected chi connectivity index (χ4v) is 4.96. The van der Waals surface area contributed by atoms with Crippen LogP contribution in [0.5, 0.6) is 5.75 Å². The molecule has 148 valence electrons. The molecule has 0 spiro atoms. The Morgan fingerprint density at radius 1 is 1.18 bits per heavy atom. The molecule has 4 nitrogen and oxygen atoms in total. The number of rotatable bonds is 5. The van der Waals surface area contributed by atoms with Gasteiger partial charge in [-0.3, -0.25) is 0 Å². The Hall–Kier alpha value is -1.64. The van der Waals surface area contributed by atoms with Crippen LogP contribution >= 0.6 is 22.6 Å². The van der Waals surface area contributed by atoms with E-state index in [1.54, 1.807) is 20.1 Å². The molecule has 0 bridgehead atoms. The zero-order valence-electron chi connectivity index (χ0n) is 16.0. The summed E-state index contributed by atoms with van der Waals surface area (Å²) in [6.07, 6.45) is 1.97. The Morgan fingerprint density at radius 3 is 2.68 bits per heavy atom. The third-order valence-corrected chi connectivity index (χ3v) is 6.40. The van der Waals surface area contributed by atoms with E-state index in [0.717, 1.165) is 48.4 Å². The average molecular weight is 495 g/mol. The molecule has 3 aromatic rings. The van der Waals surface area contributed by atoms with E-state index in [2.05, 4.69) is 39.3 Å². The first-order valence-electron chi connectivity index (χ1n) is 9.40. The van der Waals surface area contributed by atoms with Crippen molar-refractivity contribution in [1.82, 2.24) is 4.57 Å². The maximum absolute atomic E-state index is 13.9.